The molecule has 250 valence electrons. The first-order chi connectivity index (χ1) is 25.6. The van der Waals surface area contributed by atoms with Crippen molar-refractivity contribution in [1.82, 2.24) is 15.0 Å². The summed E-state index contributed by atoms with van der Waals surface area (Å²) in [5, 5.41) is 2.26. The van der Waals surface area contributed by atoms with Crippen molar-refractivity contribution in [1.29, 1.82) is 0 Å². The van der Waals surface area contributed by atoms with Crippen LogP contribution in [0.4, 0.5) is 0 Å². The Balaban J connectivity index is 1.03. The van der Waals surface area contributed by atoms with E-state index in [0.29, 0.717) is 29.3 Å². The van der Waals surface area contributed by atoms with Crippen molar-refractivity contribution in [2.75, 3.05) is 0 Å². The van der Waals surface area contributed by atoms with Crippen molar-refractivity contribution in [3.05, 3.63) is 151 Å². The summed E-state index contributed by atoms with van der Waals surface area (Å²) in [5.41, 5.74) is 12.7. The molecule has 0 saturated heterocycles. The standard InChI is InChI=1S/C48H37N3O/c1-29-26-30-18-24-35(27-30)48(29)41-16-7-5-12-37(41)40-28-34(23-25-42(40)48)47-50-45(32-10-3-2-4-11-32)49-46(51-47)33-21-19-31(20-22-33)36-14-9-15-39-38-13-6-8-17-43(38)52-44(36)39/h2-17,19-23,25,28-30,35H,18,24,26-27H2,1H3/t29-,30+,35+,48?/m1/s1. The van der Waals surface area contributed by atoms with Gasteiger partial charge in [-0.3, -0.25) is 0 Å². The molecule has 0 N–H and O–H groups in total. The smallest absolute Gasteiger partial charge is 0.164 e. The molecule has 3 aliphatic rings. The highest BCUT2D eigenvalue weighted by Gasteiger charge is 2.56. The van der Waals surface area contributed by atoms with Gasteiger partial charge in [-0.1, -0.05) is 141 Å². The SMILES string of the molecule is C[C@@H]1C[C@@H]2CC[C@@H](C2)C12c1ccccc1-c1cc(-c3nc(-c4ccccc4)nc(-c4ccc(-c5cccc6c5oc5ccccc56)cc4)n3)ccc12. The summed E-state index contributed by atoms with van der Waals surface area (Å²) in [4.78, 5) is 15.4. The number of hydrogen-bond donors (Lipinski definition) is 0. The summed E-state index contributed by atoms with van der Waals surface area (Å²) in [7, 11) is 0. The molecule has 2 saturated carbocycles. The Hall–Kier alpha value is -5.87. The fourth-order valence-electron chi connectivity index (χ4n) is 10.4. The van der Waals surface area contributed by atoms with E-state index in [-0.39, 0.29) is 5.41 Å². The lowest BCUT2D eigenvalue weighted by molar-refractivity contribution is 0.162. The summed E-state index contributed by atoms with van der Waals surface area (Å²) < 4.78 is 6.36. The summed E-state index contributed by atoms with van der Waals surface area (Å²) in [6, 6.07) is 49.6. The minimum atomic E-state index is 0.0887. The zero-order valence-electron chi connectivity index (χ0n) is 29.1. The molecule has 4 nitrogen and oxygen atoms in total. The van der Waals surface area contributed by atoms with Crippen LogP contribution in [0.25, 0.3) is 78.4 Å². The molecule has 2 heterocycles. The van der Waals surface area contributed by atoms with Gasteiger partial charge in [0, 0.05) is 38.4 Å². The van der Waals surface area contributed by atoms with Crippen LogP contribution in [0.15, 0.2) is 144 Å². The van der Waals surface area contributed by atoms with E-state index >= 15 is 0 Å². The molecule has 2 aromatic heterocycles. The van der Waals surface area contributed by atoms with Crippen LogP contribution in [0.2, 0.25) is 0 Å². The van der Waals surface area contributed by atoms with Gasteiger partial charge in [-0.05, 0) is 77.0 Å². The van der Waals surface area contributed by atoms with Crippen molar-refractivity contribution >= 4 is 21.9 Å². The van der Waals surface area contributed by atoms with E-state index in [1.807, 2.05) is 30.3 Å². The van der Waals surface area contributed by atoms with E-state index in [4.69, 9.17) is 19.4 Å². The second-order valence-electron chi connectivity index (χ2n) is 15.2. The maximum Gasteiger partial charge on any atom is 0.164 e. The summed E-state index contributed by atoms with van der Waals surface area (Å²) in [6.07, 6.45) is 5.37. The van der Waals surface area contributed by atoms with Gasteiger partial charge in [0.1, 0.15) is 11.2 Å². The molecule has 11 rings (SSSR count). The number of para-hydroxylation sites is 2. The molecular formula is C48H37N3O. The van der Waals surface area contributed by atoms with Crippen molar-refractivity contribution in [3.8, 4) is 56.4 Å². The summed E-state index contributed by atoms with van der Waals surface area (Å²) in [6.45, 7) is 2.51. The van der Waals surface area contributed by atoms with Crippen LogP contribution in [0.1, 0.15) is 43.7 Å². The maximum absolute atomic E-state index is 6.36. The fourth-order valence-corrected chi connectivity index (χ4v) is 10.4. The molecule has 52 heavy (non-hydrogen) atoms. The molecule has 2 fully saturated rings. The van der Waals surface area contributed by atoms with E-state index in [0.717, 1.165) is 55.7 Å². The summed E-state index contributed by atoms with van der Waals surface area (Å²) in [5.74, 6) is 4.22. The van der Waals surface area contributed by atoms with Gasteiger partial charge in [0.25, 0.3) is 0 Å². The Morgan fingerprint density at radius 2 is 1.15 bits per heavy atom. The van der Waals surface area contributed by atoms with Crippen LogP contribution in [-0.2, 0) is 5.41 Å². The van der Waals surface area contributed by atoms with Gasteiger partial charge < -0.3 is 4.42 Å². The number of nitrogens with zero attached hydrogens (tertiary/aromatic N) is 3. The molecule has 0 radical (unpaired) electrons. The number of furan rings is 1. The molecule has 3 aliphatic carbocycles. The Bertz CT molecular complexity index is 2680. The Labute approximate surface area is 303 Å². The minimum absolute atomic E-state index is 0.0887. The zero-order valence-corrected chi connectivity index (χ0v) is 29.1. The fraction of sp³-hybridized carbons (Fsp3) is 0.188. The van der Waals surface area contributed by atoms with Crippen LogP contribution < -0.4 is 0 Å². The third-order valence-electron chi connectivity index (χ3n) is 12.6. The topological polar surface area (TPSA) is 51.8 Å². The van der Waals surface area contributed by atoms with E-state index in [1.165, 1.54) is 47.9 Å². The predicted molar refractivity (Wildman–Crippen MR) is 210 cm³/mol. The lowest BCUT2D eigenvalue weighted by Gasteiger charge is -2.46. The molecule has 4 heteroatoms. The van der Waals surface area contributed by atoms with Crippen LogP contribution in [0.5, 0.6) is 0 Å². The molecule has 0 amide bonds. The molecular weight excluding hydrogens is 635 g/mol. The first-order valence-electron chi connectivity index (χ1n) is 18.7. The van der Waals surface area contributed by atoms with Gasteiger partial charge in [0.15, 0.2) is 17.5 Å². The number of rotatable bonds is 4. The highest BCUT2D eigenvalue weighted by atomic mass is 16.3. The van der Waals surface area contributed by atoms with Crippen LogP contribution >= 0.6 is 0 Å². The number of hydrogen-bond acceptors (Lipinski definition) is 4. The van der Waals surface area contributed by atoms with Gasteiger partial charge in [-0.2, -0.15) is 0 Å². The van der Waals surface area contributed by atoms with Crippen molar-refractivity contribution in [2.45, 2.75) is 38.0 Å². The van der Waals surface area contributed by atoms with Crippen molar-refractivity contribution in [3.63, 3.8) is 0 Å². The van der Waals surface area contributed by atoms with Gasteiger partial charge in [-0.15, -0.1) is 0 Å². The Morgan fingerprint density at radius 3 is 2.00 bits per heavy atom. The largest absolute Gasteiger partial charge is 0.455 e. The molecule has 1 unspecified atom stereocenters. The second-order valence-corrected chi connectivity index (χ2v) is 15.2. The number of benzene rings is 6. The molecule has 1 spiro atoms. The molecule has 6 aromatic carbocycles. The van der Waals surface area contributed by atoms with E-state index in [9.17, 15) is 0 Å². The number of fused-ring (bicyclic) bond motifs is 11. The third-order valence-corrected chi connectivity index (χ3v) is 12.6. The van der Waals surface area contributed by atoms with E-state index < -0.39 is 0 Å². The van der Waals surface area contributed by atoms with E-state index in [1.54, 1.807) is 0 Å². The van der Waals surface area contributed by atoms with Crippen molar-refractivity contribution < 1.29 is 4.42 Å². The molecule has 2 bridgehead atoms. The molecule has 8 aromatic rings. The first kappa shape index (κ1) is 29.8. The van der Waals surface area contributed by atoms with Gasteiger partial charge in [-0.25, -0.2) is 15.0 Å². The lowest BCUT2D eigenvalue weighted by Crippen LogP contribution is -2.43. The third kappa shape index (κ3) is 4.30. The highest BCUT2D eigenvalue weighted by Crippen LogP contribution is 2.65. The average Bonchev–Trinajstić information content (AvgIpc) is 3.88. The second kappa shape index (κ2) is 11.3. The first-order valence-corrected chi connectivity index (χ1v) is 18.7. The normalized spacial score (nSPS) is 21.5. The van der Waals surface area contributed by atoms with Crippen LogP contribution in [-0.4, -0.2) is 15.0 Å². The Morgan fingerprint density at radius 1 is 0.519 bits per heavy atom. The minimum Gasteiger partial charge on any atom is -0.455 e. The van der Waals surface area contributed by atoms with Crippen LogP contribution in [0.3, 0.4) is 0 Å². The Kier molecular flexibility index (Phi) is 6.49. The molecule has 0 aliphatic heterocycles. The monoisotopic (exact) mass is 671 g/mol. The predicted octanol–water partition coefficient (Wildman–Crippen LogP) is 12.2. The van der Waals surface area contributed by atoms with Gasteiger partial charge in [0.2, 0.25) is 0 Å². The summed E-state index contributed by atoms with van der Waals surface area (Å²) >= 11 is 0. The maximum atomic E-state index is 6.36. The van der Waals surface area contributed by atoms with Crippen molar-refractivity contribution in [2.24, 2.45) is 17.8 Å². The average molecular weight is 672 g/mol. The van der Waals surface area contributed by atoms with Crippen LogP contribution in [0, 0.1) is 17.8 Å². The zero-order chi connectivity index (χ0) is 34.4. The number of aromatic nitrogens is 3. The van der Waals surface area contributed by atoms with Gasteiger partial charge >= 0.3 is 0 Å². The lowest BCUT2D eigenvalue weighted by atomic mass is 9.56. The van der Waals surface area contributed by atoms with E-state index in [2.05, 4.69) is 116 Å². The quantitative estimate of drug-likeness (QED) is 0.187. The highest BCUT2D eigenvalue weighted by molar-refractivity contribution is 6.09. The van der Waals surface area contributed by atoms with Gasteiger partial charge in [0.05, 0.1) is 0 Å². The molecule has 4 atom stereocenters.